The first-order valence-corrected chi connectivity index (χ1v) is 6.70. The van der Waals surface area contributed by atoms with E-state index in [1.54, 1.807) is 42.5 Å². The molecule has 0 spiro atoms. The number of amides is 1. The summed E-state index contributed by atoms with van der Waals surface area (Å²) in [7, 11) is 0. The van der Waals surface area contributed by atoms with Gasteiger partial charge < -0.3 is 10.1 Å². The number of halogens is 1. The number of hydrogen-bond acceptors (Lipinski definition) is 3. The second-order valence-electron chi connectivity index (χ2n) is 4.48. The fraction of sp³-hybridized carbons (Fsp3) is 0.125. The topological polar surface area (TPSA) is 55.4 Å². The summed E-state index contributed by atoms with van der Waals surface area (Å²) in [6.45, 7) is 2.88. The van der Waals surface area contributed by atoms with Crippen molar-refractivity contribution in [3.05, 3.63) is 53.1 Å². The molecular weight excluding hydrogens is 290 g/mol. The molecule has 0 saturated heterocycles. The highest BCUT2D eigenvalue weighted by Crippen LogP contribution is 2.31. The quantitative estimate of drug-likeness (QED) is 0.857. The Kier molecular flexibility index (Phi) is 4.60. The highest BCUT2D eigenvalue weighted by molar-refractivity contribution is 6.34. The Morgan fingerprint density at radius 1 is 1.10 bits per heavy atom. The Balaban J connectivity index is 2.28. The molecule has 0 aliphatic carbocycles. The average molecular weight is 304 g/mol. The summed E-state index contributed by atoms with van der Waals surface area (Å²) in [6.07, 6.45) is 0. The molecule has 2 aromatic rings. The van der Waals surface area contributed by atoms with Gasteiger partial charge >= 0.3 is 0 Å². The van der Waals surface area contributed by atoms with Crippen LogP contribution < -0.4 is 10.1 Å². The minimum atomic E-state index is -0.184. The van der Waals surface area contributed by atoms with Gasteiger partial charge in [0.1, 0.15) is 5.75 Å². The Morgan fingerprint density at radius 2 is 1.81 bits per heavy atom. The van der Waals surface area contributed by atoms with Crippen molar-refractivity contribution in [1.82, 2.24) is 0 Å². The molecule has 2 aromatic carbocycles. The van der Waals surface area contributed by atoms with E-state index in [1.807, 2.05) is 0 Å². The minimum Gasteiger partial charge on any atom is -0.455 e. The van der Waals surface area contributed by atoms with Gasteiger partial charge in [-0.15, -0.1) is 0 Å². The zero-order chi connectivity index (χ0) is 15.4. The van der Waals surface area contributed by atoms with Crippen molar-refractivity contribution in [3.8, 4) is 11.5 Å². The Morgan fingerprint density at radius 3 is 2.43 bits per heavy atom. The van der Waals surface area contributed by atoms with Crippen molar-refractivity contribution in [3.63, 3.8) is 0 Å². The maximum atomic E-state index is 11.3. The molecule has 1 amide bonds. The van der Waals surface area contributed by atoms with E-state index in [9.17, 15) is 9.59 Å². The smallest absolute Gasteiger partial charge is 0.221 e. The molecule has 108 valence electrons. The summed E-state index contributed by atoms with van der Waals surface area (Å²) in [5.74, 6) is 0.698. The van der Waals surface area contributed by atoms with Gasteiger partial charge in [0.05, 0.1) is 10.7 Å². The van der Waals surface area contributed by atoms with E-state index >= 15 is 0 Å². The highest BCUT2D eigenvalue weighted by Gasteiger charge is 2.09. The number of benzene rings is 2. The van der Waals surface area contributed by atoms with Gasteiger partial charge in [0.25, 0.3) is 0 Å². The van der Waals surface area contributed by atoms with Gasteiger partial charge in [-0.3, -0.25) is 9.59 Å². The molecule has 0 atom stereocenters. The lowest BCUT2D eigenvalue weighted by Crippen LogP contribution is -2.06. The predicted octanol–water partition coefficient (Wildman–Crippen LogP) is 4.29. The summed E-state index contributed by atoms with van der Waals surface area (Å²) >= 11 is 6.04. The maximum Gasteiger partial charge on any atom is 0.221 e. The summed E-state index contributed by atoms with van der Waals surface area (Å²) in [6, 6.07) is 11.9. The Labute approximate surface area is 127 Å². The van der Waals surface area contributed by atoms with Crippen LogP contribution in [0.3, 0.4) is 0 Å². The van der Waals surface area contributed by atoms with Crippen LogP contribution in [0.4, 0.5) is 5.69 Å². The third-order valence-electron chi connectivity index (χ3n) is 2.75. The molecular formula is C16H14ClNO3. The number of ether oxygens (including phenoxy) is 1. The number of anilines is 1. The van der Waals surface area contributed by atoms with Crippen molar-refractivity contribution in [2.45, 2.75) is 13.8 Å². The van der Waals surface area contributed by atoms with Crippen LogP contribution in [0.25, 0.3) is 0 Å². The van der Waals surface area contributed by atoms with Crippen LogP contribution in [0.15, 0.2) is 42.5 Å². The summed E-state index contributed by atoms with van der Waals surface area (Å²) in [5.41, 5.74) is 1.01. The number of carbonyl (C=O) groups is 2. The monoisotopic (exact) mass is 303 g/mol. The first kappa shape index (κ1) is 15.1. The molecule has 0 saturated carbocycles. The molecule has 0 bridgehead atoms. The van der Waals surface area contributed by atoms with Crippen LogP contribution in [-0.2, 0) is 4.79 Å². The molecule has 21 heavy (non-hydrogen) atoms. The van der Waals surface area contributed by atoms with Gasteiger partial charge in [0, 0.05) is 18.6 Å². The molecule has 4 nitrogen and oxygen atoms in total. The molecule has 1 N–H and O–H groups in total. The van der Waals surface area contributed by atoms with Gasteiger partial charge in [-0.25, -0.2) is 0 Å². The van der Waals surface area contributed by atoms with Gasteiger partial charge in [-0.05, 0) is 31.2 Å². The highest BCUT2D eigenvalue weighted by atomic mass is 35.5. The Bertz CT molecular complexity index is 698. The molecule has 0 unspecified atom stereocenters. The van der Waals surface area contributed by atoms with E-state index in [1.165, 1.54) is 13.8 Å². The normalized spacial score (nSPS) is 10.0. The number of rotatable bonds is 4. The van der Waals surface area contributed by atoms with Gasteiger partial charge in [0.2, 0.25) is 5.91 Å². The van der Waals surface area contributed by atoms with E-state index in [4.69, 9.17) is 16.3 Å². The maximum absolute atomic E-state index is 11.3. The summed E-state index contributed by atoms with van der Waals surface area (Å²) < 4.78 is 5.72. The van der Waals surface area contributed by atoms with Gasteiger partial charge in [-0.2, -0.15) is 0 Å². The lowest BCUT2D eigenvalue weighted by molar-refractivity contribution is -0.114. The minimum absolute atomic E-state index is 0.106. The molecule has 2 rings (SSSR count). The van der Waals surface area contributed by atoms with Gasteiger partial charge in [-0.1, -0.05) is 23.7 Å². The fourth-order valence-corrected chi connectivity index (χ4v) is 2.12. The first-order valence-electron chi connectivity index (χ1n) is 6.32. The molecule has 0 aliphatic rings. The van der Waals surface area contributed by atoms with Crippen LogP contribution in [0, 0.1) is 0 Å². The summed E-state index contributed by atoms with van der Waals surface area (Å²) in [5, 5.41) is 3.02. The van der Waals surface area contributed by atoms with E-state index in [-0.39, 0.29) is 11.7 Å². The molecule has 0 aromatic heterocycles. The van der Waals surface area contributed by atoms with Crippen molar-refractivity contribution in [2.24, 2.45) is 0 Å². The zero-order valence-electron chi connectivity index (χ0n) is 11.6. The number of para-hydroxylation sites is 2. The second-order valence-corrected chi connectivity index (χ2v) is 4.88. The van der Waals surface area contributed by atoms with Crippen molar-refractivity contribution < 1.29 is 14.3 Å². The van der Waals surface area contributed by atoms with E-state index in [2.05, 4.69) is 5.32 Å². The van der Waals surface area contributed by atoms with Crippen LogP contribution >= 0.6 is 11.6 Å². The number of hydrogen-bond donors (Lipinski definition) is 1. The van der Waals surface area contributed by atoms with Crippen LogP contribution in [0.1, 0.15) is 24.2 Å². The lowest BCUT2D eigenvalue weighted by Gasteiger charge is -2.12. The number of nitrogens with one attached hydrogen (secondary N) is 1. The number of Topliss-reactive ketones (excluding diaryl/α,β-unsaturated/α-hetero) is 1. The molecule has 0 radical (unpaired) electrons. The second kappa shape index (κ2) is 6.41. The van der Waals surface area contributed by atoms with Crippen LogP contribution in [0.5, 0.6) is 11.5 Å². The van der Waals surface area contributed by atoms with Crippen molar-refractivity contribution >= 4 is 29.0 Å². The SMILES string of the molecule is CC(=O)Nc1ccccc1Oc1ccc(C(C)=O)c(Cl)c1. The fourth-order valence-electron chi connectivity index (χ4n) is 1.82. The van der Waals surface area contributed by atoms with E-state index < -0.39 is 0 Å². The molecule has 0 aliphatic heterocycles. The molecule has 0 heterocycles. The van der Waals surface area contributed by atoms with E-state index in [0.717, 1.165) is 0 Å². The standard InChI is InChI=1S/C16H14ClNO3/c1-10(19)13-8-7-12(9-14(13)17)21-16-6-4-3-5-15(16)18-11(2)20/h3-9H,1-2H3,(H,18,20). The van der Waals surface area contributed by atoms with Crippen molar-refractivity contribution in [1.29, 1.82) is 0 Å². The number of carbonyl (C=O) groups excluding carboxylic acids is 2. The average Bonchev–Trinajstić information content (AvgIpc) is 2.40. The number of ketones is 1. The van der Waals surface area contributed by atoms with Crippen LogP contribution in [-0.4, -0.2) is 11.7 Å². The third kappa shape index (κ3) is 3.83. The third-order valence-corrected chi connectivity index (χ3v) is 3.06. The first-order chi connectivity index (χ1) is 9.97. The van der Waals surface area contributed by atoms with Crippen molar-refractivity contribution in [2.75, 3.05) is 5.32 Å². The molecule has 0 fully saturated rings. The molecule has 5 heteroatoms. The largest absolute Gasteiger partial charge is 0.455 e. The van der Waals surface area contributed by atoms with Crippen LogP contribution in [0.2, 0.25) is 5.02 Å². The van der Waals surface area contributed by atoms with Gasteiger partial charge in [0.15, 0.2) is 11.5 Å². The summed E-state index contributed by atoms with van der Waals surface area (Å²) in [4.78, 5) is 22.5. The Hall–Kier alpha value is -2.33. The van der Waals surface area contributed by atoms with E-state index in [0.29, 0.717) is 27.8 Å². The zero-order valence-corrected chi connectivity index (χ0v) is 12.4. The predicted molar refractivity (Wildman–Crippen MR) is 82.3 cm³/mol. The lowest BCUT2D eigenvalue weighted by atomic mass is 10.1.